The second kappa shape index (κ2) is 4.86. The zero-order valence-corrected chi connectivity index (χ0v) is 11.2. The van der Waals surface area contributed by atoms with Crippen LogP contribution in [-0.4, -0.2) is 19.3 Å². The van der Waals surface area contributed by atoms with Crippen LogP contribution in [0.4, 0.5) is 0 Å². The number of rotatable bonds is 4. The van der Waals surface area contributed by atoms with Crippen LogP contribution in [-0.2, 0) is 13.6 Å². The summed E-state index contributed by atoms with van der Waals surface area (Å²) in [5, 5.41) is 0. The third kappa shape index (κ3) is 2.07. The van der Waals surface area contributed by atoms with Crippen LogP contribution in [0, 0.1) is 0 Å². The van der Waals surface area contributed by atoms with E-state index in [1.807, 2.05) is 52.8 Å². The summed E-state index contributed by atoms with van der Waals surface area (Å²) in [7, 11) is 1.89. The first-order chi connectivity index (χ1) is 7.74. The molecule has 0 unspecified atom stereocenters. The quantitative estimate of drug-likeness (QED) is 0.481. The van der Waals surface area contributed by atoms with Gasteiger partial charge in [-0.25, -0.2) is 0 Å². The summed E-state index contributed by atoms with van der Waals surface area (Å²) in [4.78, 5) is 12.2. The number of aryl methyl sites for hydroxylation is 2. The lowest BCUT2D eigenvalue weighted by Crippen LogP contribution is -2.13. The van der Waals surface area contributed by atoms with Crippen molar-refractivity contribution in [3.8, 4) is 0 Å². The average Bonchev–Trinajstić information content (AvgIpc) is 2.87. The molecule has 0 spiro atoms. The first-order valence-corrected chi connectivity index (χ1v) is 6.63. The second-order valence-electron chi connectivity index (χ2n) is 3.61. The molecule has 0 atom stereocenters. The first-order valence-electron chi connectivity index (χ1n) is 5.11. The van der Waals surface area contributed by atoms with E-state index in [1.165, 1.54) is 0 Å². The van der Waals surface area contributed by atoms with Crippen LogP contribution in [0.1, 0.15) is 16.2 Å². The molecule has 3 nitrogen and oxygen atoms in total. The van der Waals surface area contributed by atoms with E-state index >= 15 is 0 Å². The van der Waals surface area contributed by atoms with Crippen LogP contribution in [0.3, 0.4) is 0 Å². The molecular weight excluding hydrogens is 315 g/mol. The van der Waals surface area contributed by atoms with E-state index in [0.29, 0.717) is 0 Å². The molecule has 0 aliphatic carbocycles. The summed E-state index contributed by atoms with van der Waals surface area (Å²) in [5.41, 5.74) is 1.49. The van der Waals surface area contributed by atoms with Gasteiger partial charge in [-0.2, -0.15) is 0 Å². The highest BCUT2D eigenvalue weighted by Gasteiger charge is 2.14. The van der Waals surface area contributed by atoms with E-state index in [0.717, 1.165) is 22.4 Å². The zero-order valence-electron chi connectivity index (χ0n) is 9.06. The summed E-state index contributed by atoms with van der Waals surface area (Å²) in [6.07, 6.45) is 3.84. The Morgan fingerprint density at radius 3 is 2.56 bits per heavy atom. The van der Waals surface area contributed by atoms with Crippen LogP contribution in [0.25, 0.3) is 0 Å². The minimum absolute atomic E-state index is 0.0855. The highest BCUT2D eigenvalue weighted by Crippen LogP contribution is 2.11. The van der Waals surface area contributed by atoms with Gasteiger partial charge in [-0.1, -0.05) is 22.6 Å². The molecule has 0 saturated heterocycles. The molecule has 0 bridgehead atoms. The fourth-order valence-electron chi connectivity index (χ4n) is 1.73. The smallest absolute Gasteiger partial charge is 0.225 e. The van der Waals surface area contributed by atoms with Gasteiger partial charge >= 0.3 is 0 Å². The predicted octanol–water partition coefficient (Wildman–Crippen LogP) is 2.49. The molecule has 2 aromatic rings. The molecule has 0 aliphatic rings. The van der Waals surface area contributed by atoms with Crippen molar-refractivity contribution >= 4 is 28.4 Å². The van der Waals surface area contributed by atoms with Crippen molar-refractivity contribution in [1.82, 2.24) is 9.13 Å². The molecule has 2 rings (SSSR count). The fourth-order valence-corrected chi connectivity index (χ4v) is 2.25. The van der Waals surface area contributed by atoms with E-state index in [-0.39, 0.29) is 5.78 Å². The number of ketones is 1. The number of aromatic nitrogens is 2. The van der Waals surface area contributed by atoms with Crippen molar-refractivity contribution in [1.29, 1.82) is 0 Å². The summed E-state index contributed by atoms with van der Waals surface area (Å²) >= 11 is 2.31. The van der Waals surface area contributed by atoms with Crippen molar-refractivity contribution in [2.75, 3.05) is 4.43 Å². The number of hydrogen-bond donors (Lipinski definition) is 0. The number of halogens is 1. The van der Waals surface area contributed by atoms with E-state index in [4.69, 9.17) is 0 Å². The van der Waals surface area contributed by atoms with Gasteiger partial charge in [0.25, 0.3) is 0 Å². The fraction of sp³-hybridized carbons (Fsp3) is 0.250. The Labute approximate surface area is 108 Å². The summed E-state index contributed by atoms with van der Waals surface area (Å²) in [6.45, 7) is 0.874. The van der Waals surface area contributed by atoms with Gasteiger partial charge in [-0.3, -0.25) is 4.79 Å². The number of alkyl halides is 1. The van der Waals surface area contributed by atoms with Crippen molar-refractivity contribution in [3.63, 3.8) is 0 Å². The van der Waals surface area contributed by atoms with Crippen LogP contribution in [0.15, 0.2) is 36.7 Å². The maximum absolute atomic E-state index is 12.2. The lowest BCUT2D eigenvalue weighted by molar-refractivity contribution is 0.102. The predicted molar refractivity (Wildman–Crippen MR) is 72.2 cm³/mol. The number of carbonyl (C=O) groups excluding carboxylic acids is 1. The normalized spacial score (nSPS) is 10.6. The first kappa shape index (κ1) is 11.4. The van der Waals surface area contributed by atoms with Gasteiger partial charge in [-0.05, 0) is 24.3 Å². The van der Waals surface area contributed by atoms with Crippen LogP contribution < -0.4 is 0 Å². The molecule has 0 amide bonds. The molecule has 4 heteroatoms. The Morgan fingerprint density at radius 2 is 1.94 bits per heavy atom. The van der Waals surface area contributed by atoms with Gasteiger partial charge in [0.15, 0.2) is 0 Å². The Bertz CT molecular complexity index is 499. The molecule has 0 radical (unpaired) electrons. The van der Waals surface area contributed by atoms with E-state index in [1.54, 1.807) is 0 Å². The molecular formula is C12H13IN2O. The molecule has 0 saturated carbocycles. The summed E-state index contributed by atoms with van der Waals surface area (Å²) < 4.78 is 4.85. The number of hydrogen-bond acceptors (Lipinski definition) is 1. The van der Waals surface area contributed by atoms with E-state index in [2.05, 4.69) is 22.6 Å². The maximum Gasteiger partial charge on any atom is 0.225 e. The molecule has 0 aromatic carbocycles. The van der Waals surface area contributed by atoms with Gasteiger partial charge < -0.3 is 9.13 Å². The molecule has 2 heterocycles. The molecule has 0 N–H and O–H groups in total. The lowest BCUT2D eigenvalue weighted by Gasteiger charge is -2.07. The second-order valence-corrected chi connectivity index (χ2v) is 4.69. The SMILES string of the molecule is Cn1cccc1C(=O)c1cccn1CCI. The monoisotopic (exact) mass is 328 g/mol. The third-order valence-electron chi connectivity index (χ3n) is 2.56. The van der Waals surface area contributed by atoms with Crippen LogP contribution in [0.5, 0.6) is 0 Å². The van der Waals surface area contributed by atoms with Gasteiger partial charge in [0.1, 0.15) is 0 Å². The lowest BCUT2D eigenvalue weighted by atomic mass is 10.2. The Hall–Kier alpha value is -1.04. The minimum Gasteiger partial charge on any atom is -0.348 e. The van der Waals surface area contributed by atoms with Crippen molar-refractivity contribution in [3.05, 3.63) is 48.0 Å². The topological polar surface area (TPSA) is 26.9 Å². The molecule has 0 aliphatic heterocycles. The molecule has 0 fully saturated rings. The average molecular weight is 328 g/mol. The van der Waals surface area contributed by atoms with E-state index < -0.39 is 0 Å². The van der Waals surface area contributed by atoms with Gasteiger partial charge in [-0.15, -0.1) is 0 Å². The Balaban J connectivity index is 2.34. The molecule has 2 aromatic heterocycles. The van der Waals surface area contributed by atoms with Crippen LogP contribution >= 0.6 is 22.6 Å². The molecule has 16 heavy (non-hydrogen) atoms. The van der Waals surface area contributed by atoms with Gasteiger partial charge in [0, 0.05) is 30.4 Å². The number of carbonyl (C=O) groups is 1. The summed E-state index contributed by atoms with van der Waals surface area (Å²) in [5.74, 6) is 0.0855. The number of nitrogens with zero attached hydrogens (tertiary/aromatic N) is 2. The minimum atomic E-state index is 0.0855. The van der Waals surface area contributed by atoms with Crippen molar-refractivity contribution in [2.45, 2.75) is 6.54 Å². The summed E-state index contributed by atoms with van der Waals surface area (Å²) in [6, 6.07) is 7.53. The standard InChI is InChI=1S/C12H13IN2O/c1-14-7-2-4-10(14)12(16)11-5-3-8-15(11)9-6-13/h2-5,7-8H,6,9H2,1H3. The van der Waals surface area contributed by atoms with E-state index in [9.17, 15) is 4.79 Å². The van der Waals surface area contributed by atoms with Gasteiger partial charge in [0.2, 0.25) is 5.78 Å². The highest BCUT2D eigenvalue weighted by atomic mass is 127. The Morgan fingerprint density at radius 1 is 1.25 bits per heavy atom. The Kier molecular flexibility index (Phi) is 3.48. The highest BCUT2D eigenvalue weighted by molar-refractivity contribution is 14.1. The van der Waals surface area contributed by atoms with Crippen LogP contribution in [0.2, 0.25) is 0 Å². The van der Waals surface area contributed by atoms with Gasteiger partial charge in [0.05, 0.1) is 11.4 Å². The molecule has 84 valence electrons. The van der Waals surface area contributed by atoms with Crippen molar-refractivity contribution in [2.24, 2.45) is 7.05 Å². The third-order valence-corrected chi connectivity index (χ3v) is 3.05. The maximum atomic E-state index is 12.2. The zero-order chi connectivity index (χ0) is 11.5. The largest absolute Gasteiger partial charge is 0.348 e. The van der Waals surface area contributed by atoms with Crippen molar-refractivity contribution < 1.29 is 4.79 Å².